The smallest absolute Gasteiger partial charge is 0.333 e. The Morgan fingerprint density at radius 2 is 2.04 bits per heavy atom. The van der Waals surface area contributed by atoms with Crippen molar-refractivity contribution in [2.24, 2.45) is 7.05 Å². The highest BCUT2D eigenvalue weighted by molar-refractivity contribution is 7.53. The van der Waals surface area contributed by atoms with Gasteiger partial charge in [0.2, 0.25) is 0 Å². The molecule has 0 bridgehead atoms. The van der Waals surface area contributed by atoms with E-state index in [-0.39, 0.29) is 25.9 Å². The molecule has 0 fully saturated rings. The van der Waals surface area contributed by atoms with Gasteiger partial charge in [0.05, 0.1) is 56.4 Å². The van der Waals surface area contributed by atoms with Crippen LogP contribution in [0.3, 0.4) is 0 Å². The number of imidazole rings is 1. The Bertz CT molecular complexity index is 661. The van der Waals surface area contributed by atoms with Crippen LogP contribution in [0.2, 0.25) is 0 Å². The zero-order chi connectivity index (χ0) is 16.9. The van der Waals surface area contributed by atoms with E-state index in [1.807, 2.05) is 11.6 Å². The Labute approximate surface area is 134 Å². The number of hydrogen-bond donors (Lipinski definition) is 1. The van der Waals surface area contributed by atoms with Gasteiger partial charge in [-0.15, -0.1) is 5.10 Å². The largest absolute Gasteiger partial charge is 0.391 e. The number of aliphatic hydroxyl groups is 1. The lowest BCUT2D eigenvalue weighted by Crippen LogP contribution is -2.22. The minimum atomic E-state index is -3.29. The lowest BCUT2D eigenvalue weighted by atomic mass is 10.3. The topological polar surface area (TPSA) is 104 Å². The number of nitrogens with zero attached hydrogens (tertiary/aromatic N) is 5. The Morgan fingerprint density at radius 1 is 1.35 bits per heavy atom. The molecule has 0 aromatic carbocycles. The van der Waals surface area contributed by atoms with Gasteiger partial charge in [-0.05, 0) is 13.8 Å². The fourth-order valence-corrected chi connectivity index (χ4v) is 3.88. The predicted octanol–water partition coefficient (Wildman–Crippen LogP) is 1.31. The van der Waals surface area contributed by atoms with Crippen molar-refractivity contribution >= 4 is 7.60 Å². The lowest BCUT2D eigenvalue weighted by Gasteiger charge is -2.19. The second-order valence-electron chi connectivity index (χ2n) is 5.00. The van der Waals surface area contributed by atoms with Crippen molar-refractivity contribution < 1.29 is 18.7 Å². The summed E-state index contributed by atoms with van der Waals surface area (Å²) in [5.41, 5.74) is 1.47. The van der Waals surface area contributed by atoms with E-state index in [0.29, 0.717) is 5.69 Å². The van der Waals surface area contributed by atoms with E-state index in [9.17, 15) is 9.67 Å². The van der Waals surface area contributed by atoms with Crippen LogP contribution in [0.5, 0.6) is 0 Å². The van der Waals surface area contributed by atoms with Crippen LogP contribution in [0.25, 0.3) is 11.4 Å². The molecular formula is C13H22N5O4P. The van der Waals surface area contributed by atoms with Crippen LogP contribution in [0, 0.1) is 0 Å². The average Bonchev–Trinajstić information content (AvgIpc) is 3.07. The summed E-state index contributed by atoms with van der Waals surface area (Å²) >= 11 is 0. The Morgan fingerprint density at radius 3 is 2.61 bits per heavy atom. The van der Waals surface area contributed by atoms with Gasteiger partial charge in [0.15, 0.2) is 0 Å². The molecule has 2 heterocycles. The predicted molar refractivity (Wildman–Crippen MR) is 84.0 cm³/mol. The first-order valence-electron chi connectivity index (χ1n) is 7.40. The van der Waals surface area contributed by atoms with Crippen molar-refractivity contribution in [3.05, 3.63) is 18.7 Å². The number of hydrogen-bond acceptors (Lipinski definition) is 7. The third kappa shape index (κ3) is 4.71. The number of aliphatic hydroxyl groups excluding tert-OH is 1. The molecule has 1 unspecified atom stereocenters. The van der Waals surface area contributed by atoms with Crippen LogP contribution >= 0.6 is 7.60 Å². The SMILES string of the molecule is CCOP(=O)(CC(O)Cn1cc(-c2cncn2C)nn1)OCC. The fraction of sp³-hybridized carbons (Fsp3) is 0.615. The molecule has 2 aromatic heterocycles. The molecule has 0 aliphatic rings. The molecule has 9 nitrogen and oxygen atoms in total. The van der Waals surface area contributed by atoms with E-state index in [4.69, 9.17) is 9.05 Å². The summed E-state index contributed by atoms with van der Waals surface area (Å²) in [5, 5.41) is 18.2. The third-order valence-corrected chi connectivity index (χ3v) is 5.27. The fourth-order valence-electron chi connectivity index (χ4n) is 2.18. The van der Waals surface area contributed by atoms with Gasteiger partial charge in [-0.25, -0.2) is 9.67 Å². The molecule has 0 saturated carbocycles. The van der Waals surface area contributed by atoms with Gasteiger partial charge in [0, 0.05) is 7.05 Å². The molecule has 0 aliphatic carbocycles. The molecule has 0 amide bonds. The summed E-state index contributed by atoms with van der Waals surface area (Å²) in [7, 11) is -1.43. The van der Waals surface area contributed by atoms with Crippen molar-refractivity contribution in [3.8, 4) is 11.4 Å². The minimum absolute atomic E-state index is 0.0877. The van der Waals surface area contributed by atoms with Crippen molar-refractivity contribution in [1.29, 1.82) is 0 Å². The lowest BCUT2D eigenvalue weighted by molar-refractivity contribution is 0.150. The highest BCUT2D eigenvalue weighted by Gasteiger charge is 2.28. The van der Waals surface area contributed by atoms with E-state index in [1.165, 1.54) is 4.68 Å². The molecule has 1 N–H and O–H groups in total. The van der Waals surface area contributed by atoms with Gasteiger partial charge in [-0.2, -0.15) is 0 Å². The molecule has 23 heavy (non-hydrogen) atoms. The summed E-state index contributed by atoms with van der Waals surface area (Å²) in [6, 6.07) is 0. The first kappa shape index (κ1) is 17.8. The van der Waals surface area contributed by atoms with E-state index >= 15 is 0 Å². The molecule has 10 heteroatoms. The molecule has 128 valence electrons. The second-order valence-corrected chi connectivity index (χ2v) is 7.10. The zero-order valence-corrected chi connectivity index (χ0v) is 14.4. The summed E-state index contributed by atoms with van der Waals surface area (Å²) in [6.45, 7) is 4.14. The molecule has 0 spiro atoms. The highest BCUT2D eigenvalue weighted by atomic mass is 31.2. The number of aromatic nitrogens is 5. The number of aryl methyl sites for hydroxylation is 1. The van der Waals surface area contributed by atoms with E-state index in [2.05, 4.69) is 15.3 Å². The van der Waals surface area contributed by atoms with Crippen molar-refractivity contribution in [2.75, 3.05) is 19.4 Å². The molecule has 2 rings (SSSR count). The van der Waals surface area contributed by atoms with E-state index in [0.717, 1.165) is 5.69 Å². The van der Waals surface area contributed by atoms with Crippen LogP contribution < -0.4 is 0 Å². The summed E-state index contributed by atoms with van der Waals surface area (Å²) in [4.78, 5) is 4.02. The third-order valence-electron chi connectivity index (χ3n) is 3.10. The standard InChI is InChI=1S/C13H22N5O4P/c1-4-21-23(20,22-5-2)9-11(19)7-18-8-12(15-16-18)13-6-14-10-17(13)3/h6,8,10-11,19H,4-5,7,9H2,1-3H3. The first-order valence-corrected chi connectivity index (χ1v) is 9.13. The molecule has 0 aliphatic heterocycles. The van der Waals surface area contributed by atoms with Crippen LogP contribution in [0.4, 0.5) is 0 Å². The average molecular weight is 343 g/mol. The van der Waals surface area contributed by atoms with Crippen LogP contribution in [-0.2, 0) is 27.2 Å². The second kappa shape index (κ2) is 7.83. The van der Waals surface area contributed by atoms with Crippen molar-refractivity contribution in [2.45, 2.75) is 26.5 Å². The minimum Gasteiger partial charge on any atom is -0.391 e. The summed E-state index contributed by atoms with van der Waals surface area (Å²) in [6.07, 6.45) is 4.05. The maximum absolute atomic E-state index is 12.4. The van der Waals surface area contributed by atoms with Crippen molar-refractivity contribution in [1.82, 2.24) is 24.5 Å². The summed E-state index contributed by atoms with van der Waals surface area (Å²) in [5.74, 6) is 0. The first-order chi connectivity index (χ1) is 11.0. The maximum Gasteiger partial charge on any atom is 0.333 e. The van der Waals surface area contributed by atoms with Crippen LogP contribution in [0.1, 0.15) is 13.8 Å². The highest BCUT2D eigenvalue weighted by Crippen LogP contribution is 2.48. The van der Waals surface area contributed by atoms with Gasteiger partial charge >= 0.3 is 7.60 Å². The van der Waals surface area contributed by atoms with Gasteiger partial charge in [0.1, 0.15) is 5.69 Å². The van der Waals surface area contributed by atoms with E-state index < -0.39 is 13.7 Å². The molecular weight excluding hydrogens is 321 g/mol. The van der Waals surface area contributed by atoms with Crippen LogP contribution in [-0.4, -0.2) is 55.1 Å². The normalized spacial score (nSPS) is 13.4. The van der Waals surface area contributed by atoms with Gasteiger partial charge in [-0.3, -0.25) is 4.57 Å². The Kier molecular flexibility index (Phi) is 6.06. The Hall–Kier alpha value is -1.54. The molecule has 0 radical (unpaired) electrons. The molecule has 0 saturated heterocycles. The monoisotopic (exact) mass is 343 g/mol. The maximum atomic E-state index is 12.4. The number of rotatable bonds is 9. The molecule has 2 aromatic rings. The summed E-state index contributed by atoms with van der Waals surface area (Å²) < 4.78 is 26.1. The molecule has 1 atom stereocenters. The van der Waals surface area contributed by atoms with Gasteiger partial charge < -0.3 is 18.7 Å². The quantitative estimate of drug-likeness (QED) is 0.684. The van der Waals surface area contributed by atoms with Crippen LogP contribution in [0.15, 0.2) is 18.7 Å². The van der Waals surface area contributed by atoms with Gasteiger partial charge in [0.25, 0.3) is 0 Å². The zero-order valence-electron chi connectivity index (χ0n) is 13.5. The van der Waals surface area contributed by atoms with Gasteiger partial charge in [-0.1, -0.05) is 5.21 Å². The Balaban J connectivity index is 2.00. The van der Waals surface area contributed by atoms with E-state index in [1.54, 1.807) is 32.6 Å². The van der Waals surface area contributed by atoms with Crippen molar-refractivity contribution in [3.63, 3.8) is 0 Å².